The molecule has 0 saturated carbocycles. The fourth-order valence-corrected chi connectivity index (χ4v) is 2.26. The number of carbonyl (C=O) groups is 1. The minimum absolute atomic E-state index is 0.0215. The highest BCUT2D eigenvalue weighted by molar-refractivity contribution is 5.91. The molecule has 0 aliphatic rings. The Bertz CT molecular complexity index is 654. The van der Waals surface area contributed by atoms with Gasteiger partial charge in [0, 0.05) is 11.8 Å². The Hall–Kier alpha value is -2.43. The second-order valence-corrected chi connectivity index (χ2v) is 5.31. The standard InChI is InChI=1S/C18H22N2O3/c1-3-5-6-7-13-8-10-14(11-9-13)16-19-12-15(17(21)20-16)18(22)23-4-2/h8-12H,3-7H2,1-2H3,(H,19,20,21). The number of unbranched alkanes of at least 4 members (excludes halogenated alkanes) is 2. The molecule has 2 aromatic rings. The maximum atomic E-state index is 11.6. The van der Waals surface area contributed by atoms with E-state index in [9.17, 15) is 9.90 Å². The molecule has 23 heavy (non-hydrogen) atoms. The van der Waals surface area contributed by atoms with Crippen LogP contribution in [-0.4, -0.2) is 27.7 Å². The number of aromatic hydroxyl groups is 1. The molecular weight excluding hydrogens is 292 g/mol. The molecule has 0 saturated heterocycles. The summed E-state index contributed by atoms with van der Waals surface area (Å²) in [5.41, 5.74) is 2.05. The number of rotatable bonds is 7. The minimum atomic E-state index is -0.622. The van der Waals surface area contributed by atoms with Crippen molar-refractivity contribution in [3.63, 3.8) is 0 Å². The van der Waals surface area contributed by atoms with Crippen LogP contribution in [-0.2, 0) is 11.2 Å². The van der Waals surface area contributed by atoms with E-state index in [-0.39, 0.29) is 18.1 Å². The van der Waals surface area contributed by atoms with Gasteiger partial charge >= 0.3 is 5.97 Å². The smallest absolute Gasteiger partial charge is 0.345 e. The zero-order chi connectivity index (χ0) is 16.7. The molecule has 0 aliphatic carbocycles. The summed E-state index contributed by atoms with van der Waals surface area (Å²) in [6.45, 7) is 4.12. The minimum Gasteiger partial charge on any atom is -0.493 e. The molecule has 1 heterocycles. The van der Waals surface area contributed by atoms with E-state index in [1.54, 1.807) is 6.92 Å². The van der Waals surface area contributed by atoms with Crippen LogP contribution >= 0.6 is 0 Å². The molecule has 1 N–H and O–H groups in total. The number of ether oxygens (including phenoxy) is 1. The predicted octanol–water partition coefficient (Wildman–Crippen LogP) is 3.76. The average molecular weight is 314 g/mol. The summed E-state index contributed by atoms with van der Waals surface area (Å²) in [5.74, 6) is -0.598. The number of hydrogen-bond donors (Lipinski definition) is 1. The van der Waals surface area contributed by atoms with E-state index in [2.05, 4.69) is 16.9 Å². The molecule has 2 rings (SSSR count). The van der Waals surface area contributed by atoms with Crippen LogP contribution in [0, 0.1) is 0 Å². The number of aromatic nitrogens is 2. The Morgan fingerprint density at radius 1 is 1.17 bits per heavy atom. The predicted molar refractivity (Wildman–Crippen MR) is 88.3 cm³/mol. The Labute approximate surface area is 136 Å². The molecule has 5 heteroatoms. The molecule has 0 fully saturated rings. The Morgan fingerprint density at radius 2 is 1.91 bits per heavy atom. The van der Waals surface area contributed by atoms with E-state index in [1.807, 2.05) is 24.3 Å². The SMILES string of the molecule is CCCCCc1ccc(-c2ncc(C(=O)OCC)c(O)n2)cc1. The molecule has 0 atom stereocenters. The molecule has 1 aromatic carbocycles. The first-order valence-corrected chi connectivity index (χ1v) is 7.98. The van der Waals surface area contributed by atoms with Crippen molar-refractivity contribution in [3.05, 3.63) is 41.6 Å². The lowest BCUT2D eigenvalue weighted by molar-refractivity contribution is 0.0521. The first-order chi connectivity index (χ1) is 11.2. The van der Waals surface area contributed by atoms with Gasteiger partial charge in [0.05, 0.1) is 6.61 Å². The summed E-state index contributed by atoms with van der Waals surface area (Å²) < 4.78 is 4.84. The fourth-order valence-electron chi connectivity index (χ4n) is 2.26. The van der Waals surface area contributed by atoms with E-state index in [1.165, 1.54) is 31.0 Å². The van der Waals surface area contributed by atoms with Crippen molar-refractivity contribution in [2.45, 2.75) is 39.5 Å². The third-order valence-electron chi connectivity index (χ3n) is 3.55. The van der Waals surface area contributed by atoms with Crippen LogP contribution in [0.4, 0.5) is 0 Å². The molecule has 0 bridgehead atoms. The van der Waals surface area contributed by atoms with Crippen molar-refractivity contribution in [1.29, 1.82) is 0 Å². The lowest BCUT2D eigenvalue weighted by Gasteiger charge is -2.06. The zero-order valence-electron chi connectivity index (χ0n) is 13.6. The summed E-state index contributed by atoms with van der Waals surface area (Å²) in [6.07, 6.45) is 5.97. The van der Waals surface area contributed by atoms with Gasteiger partial charge in [0.1, 0.15) is 5.56 Å². The third kappa shape index (κ3) is 4.52. The first-order valence-electron chi connectivity index (χ1n) is 7.98. The summed E-state index contributed by atoms with van der Waals surface area (Å²) >= 11 is 0. The van der Waals surface area contributed by atoms with Crippen molar-refractivity contribution in [2.24, 2.45) is 0 Å². The molecule has 0 radical (unpaired) electrons. The van der Waals surface area contributed by atoms with E-state index in [4.69, 9.17) is 4.74 Å². The van der Waals surface area contributed by atoms with E-state index < -0.39 is 5.97 Å². The molecule has 5 nitrogen and oxygen atoms in total. The summed E-state index contributed by atoms with van der Waals surface area (Å²) in [4.78, 5) is 19.8. The molecule has 0 amide bonds. The lowest BCUT2D eigenvalue weighted by Crippen LogP contribution is -2.07. The van der Waals surface area contributed by atoms with E-state index in [0.29, 0.717) is 5.82 Å². The monoisotopic (exact) mass is 314 g/mol. The number of benzene rings is 1. The normalized spacial score (nSPS) is 10.5. The quantitative estimate of drug-likeness (QED) is 0.622. The molecule has 0 unspecified atom stereocenters. The van der Waals surface area contributed by atoms with Crippen LogP contribution in [0.2, 0.25) is 0 Å². The first kappa shape index (κ1) is 16.9. The Balaban J connectivity index is 2.12. The largest absolute Gasteiger partial charge is 0.493 e. The summed E-state index contributed by atoms with van der Waals surface area (Å²) in [6, 6.07) is 7.95. The van der Waals surface area contributed by atoms with Crippen molar-refractivity contribution in [2.75, 3.05) is 6.61 Å². The molecule has 1 aromatic heterocycles. The van der Waals surface area contributed by atoms with Crippen LogP contribution < -0.4 is 0 Å². The summed E-state index contributed by atoms with van der Waals surface area (Å²) in [5, 5.41) is 9.90. The Morgan fingerprint density at radius 3 is 2.52 bits per heavy atom. The van der Waals surface area contributed by atoms with Crippen molar-refractivity contribution < 1.29 is 14.6 Å². The second kappa shape index (κ2) is 8.27. The average Bonchev–Trinajstić information content (AvgIpc) is 2.56. The molecule has 122 valence electrons. The number of carbonyl (C=O) groups excluding carboxylic acids is 1. The van der Waals surface area contributed by atoms with Crippen LogP contribution in [0.3, 0.4) is 0 Å². The molecule has 0 aliphatic heterocycles. The highest BCUT2D eigenvalue weighted by Gasteiger charge is 2.15. The fraction of sp³-hybridized carbons (Fsp3) is 0.389. The number of nitrogens with zero attached hydrogens (tertiary/aromatic N) is 2. The van der Waals surface area contributed by atoms with Crippen LogP contribution in [0.1, 0.15) is 49.0 Å². The number of esters is 1. The highest BCUT2D eigenvalue weighted by atomic mass is 16.5. The number of aryl methyl sites for hydroxylation is 1. The molecule has 0 spiro atoms. The van der Waals surface area contributed by atoms with Gasteiger partial charge in [-0.2, -0.15) is 4.98 Å². The van der Waals surface area contributed by atoms with Gasteiger partial charge in [-0.1, -0.05) is 44.0 Å². The van der Waals surface area contributed by atoms with Crippen molar-refractivity contribution in [3.8, 4) is 17.3 Å². The van der Waals surface area contributed by atoms with Crippen LogP contribution in [0.15, 0.2) is 30.5 Å². The Kier molecular flexibility index (Phi) is 6.09. The van der Waals surface area contributed by atoms with Gasteiger partial charge in [-0.25, -0.2) is 9.78 Å². The van der Waals surface area contributed by atoms with Gasteiger partial charge in [0.2, 0.25) is 5.88 Å². The van der Waals surface area contributed by atoms with Gasteiger partial charge in [-0.15, -0.1) is 0 Å². The second-order valence-electron chi connectivity index (χ2n) is 5.31. The van der Waals surface area contributed by atoms with Crippen molar-refractivity contribution in [1.82, 2.24) is 9.97 Å². The summed E-state index contributed by atoms with van der Waals surface area (Å²) in [7, 11) is 0. The molecular formula is C18H22N2O3. The van der Waals surface area contributed by atoms with Gasteiger partial charge in [0.15, 0.2) is 5.82 Å². The highest BCUT2D eigenvalue weighted by Crippen LogP contribution is 2.21. The van der Waals surface area contributed by atoms with Gasteiger partial charge in [-0.05, 0) is 25.3 Å². The lowest BCUT2D eigenvalue weighted by atomic mass is 10.1. The maximum Gasteiger partial charge on any atom is 0.345 e. The van der Waals surface area contributed by atoms with Crippen LogP contribution in [0.5, 0.6) is 5.88 Å². The third-order valence-corrected chi connectivity index (χ3v) is 3.55. The van der Waals surface area contributed by atoms with E-state index in [0.717, 1.165) is 12.0 Å². The van der Waals surface area contributed by atoms with Crippen LogP contribution in [0.25, 0.3) is 11.4 Å². The van der Waals surface area contributed by atoms with Crippen molar-refractivity contribution >= 4 is 5.97 Å². The zero-order valence-corrected chi connectivity index (χ0v) is 13.6. The number of hydrogen-bond acceptors (Lipinski definition) is 5. The van der Waals surface area contributed by atoms with Gasteiger partial charge in [-0.3, -0.25) is 0 Å². The topological polar surface area (TPSA) is 72.3 Å². The maximum absolute atomic E-state index is 11.6. The van der Waals surface area contributed by atoms with E-state index >= 15 is 0 Å². The van der Waals surface area contributed by atoms with Gasteiger partial charge in [0.25, 0.3) is 0 Å². The van der Waals surface area contributed by atoms with Gasteiger partial charge < -0.3 is 9.84 Å².